The van der Waals surface area contributed by atoms with Gasteiger partial charge in [0.2, 0.25) is 5.91 Å². The molecule has 0 spiro atoms. The second-order valence-electron chi connectivity index (χ2n) is 8.55. The molecule has 29 heavy (non-hydrogen) atoms. The summed E-state index contributed by atoms with van der Waals surface area (Å²) in [5.74, 6) is -0.315. The molecule has 2 aliphatic rings. The Labute approximate surface area is 170 Å². The highest BCUT2D eigenvalue weighted by Gasteiger charge is 2.77. The van der Waals surface area contributed by atoms with Crippen molar-refractivity contribution >= 4 is 28.8 Å². The molecule has 1 N–H and O–H groups in total. The number of carbonyl (C=O) groups is 2. The van der Waals surface area contributed by atoms with Crippen LogP contribution >= 0.6 is 0 Å². The second kappa shape index (κ2) is 6.93. The molecule has 1 aromatic rings. The van der Waals surface area contributed by atoms with E-state index in [1.54, 1.807) is 17.0 Å². The minimum atomic E-state index is -1.09. The lowest BCUT2D eigenvalue weighted by molar-refractivity contribution is -0.384. The molecule has 8 heteroatoms. The van der Waals surface area contributed by atoms with Crippen LogP contribution in [-0.2, 0) is 9.59 Å². The van der Waals surface area contributed by atoms with Gasteiger partial charge in [0.1, 0.15) is 11.1 Å². The molecule has 2 bridgehead atoms. The third-order valence-corrected chi connectivity index (χ3v) is 7.36. The van der Waals surface area contributed by atoms with E-state index in [9.17, 15) is 19.7 Å². The van der Waals surface area contributed by atoms with Crippen LogP contribution in [0.2, 0.25) is 0 Å². The van der Waals surface area contributed by atoms with Crippen LogP contribution in [0.15, 0.2) is 29.4 Å². The summed E-state index contributed by atoms with van der Waals surface area (Å²) < 4.78 is 0. The molecule has 1 aromatic carbocycles. The molecule has 0 radical (unpaired) electrons. The van der Waals surface area contributed by atoms with Crippen LogP contribution < -0.4 is 5.43 Å². The number of hydrogen-bond donors (Lipinski definition) is 1. The monoisotopic (exact) mass is 400 g/mol. The van der Waals surface area contributed by atoms with Crippen molar-refractivity contribution in [3.8, 4) is 0 Å². The molecular weight excluding hydrogens is 372 g/mol. The lowest BCUT2D eigenvalue weighted by Crippen LogP contribution is -2.52. The zero-order chi connectivity index (χ0) is 21.6. The van der Waals surface area contributed by atoms with Crippen LogP contribution in [0.25, 0.3) is 0 Å². The van der Waals surface area contributed by atoms with Gasteiger partial charge in [0, 0.05) is 30.6 Å². The summed E-state index contributed by atoms with van der Waals surface area (Å²) in [6.07, 6.45) is 1.24. The first-order valence-corrected chi connectivity index (χ1v) is 9.99. The Morgan fingerprint density at radius 1 is 1.17 bits per heavy atom. The quantitative estimate of drug-likeness (QED) is 0.446. The average molecular weight is 400 g/mol. The van der Waals surface area contributed by atoms with E-state index in [1.165, 1.54) is 12.1 Å². The van der Waals surface area contributed by atoms with E-state index in [0.29, 0.717) is 37.3 Å². The Balaban J connectivity index is 1.97. The molecule has 2 aliphatic carbocycles. The number of nitro benzene ring substituents is 1. The average Bonchev–Trinajstić information content (AvgIpc) is 2.96. The highest BCUT2D eigenvalue weighted by Crippen LogP contribution is 2.69. The summed E-state index contributed by atoms with van der Waals surface area (Å²) in [6, 6.07) is 5.85. The molecule has 2 unspecified atom stereocenters. The van der Waals surface area contributed by atoms with Gasteiger partial charge in [-0.1, -0.05) is 20.8 Å². The van der Waals surface area contributed by atoms with Crippen LogP contribution in [0, 0.1) is 26.4 Å². The van der Waals surface area contributed by atoms with E-state index in [1.807, 2.05) is 34.6 Å². The Hall–Kier alpha value is -2.77. The van der Waals surface area contributed by atoms with Gasteiger partial charge in [-0.25, -0.2) is 0 Å². The number of Topliss-reactive ketones (excluding diaryl/α,β-unsaturated/α-hetero) is 1. The van der Waals surface area contributed by atoms with Crippen molar-refractivity contribution in [2.24, 2.45) is 21.3 Å². The molecule has 2 fully saturated rings. The predicted molar refractivity (Wildman–Crippen MR) is 111 cm³/mol. The van der Waals surface area contributed by atoms with E-state index in [-0.39, 0.29) is 17.4 Å². The fraction of sp³-hybridized carbons (Fsp3) is 0.571. The van der Waals surface area contributed by atoms with Crippen molar-refractivity contribution in [3.05, 3.63) is 34.4 Å². The van der Waals surface area contributed by atoms with Crippen LogP contribution in [0.1, 0.15) is 47.5 Å². The summed E-state index contributed by atoms with van der Waals surface area (Å²) in [4.78, 5) is 39.1. The third kappa shape index (κ3) is 2.68. The predicted octanol–water partition coefficient (Wildman–Crippen LogP) is 3.63. The summed E-state index contributed by atoms with van der Waals surface area (Å²) >= 11 is 0. The van der Waals surface area contributed by atoms with Gasteiger partial charge in [0.05, 0.1) is 10.6 Å². The first-order valence-electron chi connectivity index (χ1n) is 9.99. The number of rotatable bonds is 6. The zero-order valence-electron chi connectivity index (χ0n) is 17.6. The number of amides is 1. The largest absolute Gasteiger partial charge is 0.342 e. The standard InChI is InChI=1S/C21H28N4O4/c1-6-24(7-2)18(27)21-13-12-20(5,19(21,3)4)16(17(21)26)23-22-14-8-10-15(11-9-14)25(28)29/h8-11,22H,6-7,12-13H2,1-5H3. The number of carbonyl (C=O) groups excluding carboxylic acids is 2. The number of nitrogens with zero attached hydrogens (tertiary/aromatic N) is 3. The molecule has 2 saturated carbocycles. The van der Waals surface area contributed by atoms with E-state index in [2.05, 4.69) is 10.5 Å². The SMILES string of the molecule is CCN(CC)C(=O)C12CCC(C)(C(=NNc3ccc([N+](=O)[O-])cc3)C1=O)C2(C)C. The number of nitrogens with one attached hydrogen (secondary N) is 1. The smallest absolute Gasteiger partial charge is 0.269 e. The first kappa shape index (κ1) is 21.0. The second-order valence-corrected chi connectivity index (χ2v) is 8.55. The number of nitro groups is 1. The Kier molecular flexibility index (Phi) is 5.01. The minimum absolute atomic E-state index is 0.0175. The zero-order valence-corrected chi connectivity index (χ0v) is 17.6. The van der Waals surface area contributed by atoms with Gasteiger partial charge in [-0.15, -0.1) is 0 Å². The molecule has 0 aliphatic heterocycles. The fourth-order valence-corrected chi connectivity index (χ4v) is 5.00. The molecule has 156 valence electrons. The van der Waals surface area contributed by atoms with Crippen molar-refractivity contribution in [1.29, 1.82) is 0 Å². The topological polar surface area (TPSA) is 105 Å². The number of hydrogen-bond acceptors (Lipinski definition) is 6. The van der Waals surface area contributed by atoms with Gasteiger partial charge in [-0.05, 0) is 44.2 Å². The van der Waals surface area contributed by atoms with Crippen LogP contribution in [0.4, 0.5) is 11.4 Å². The maximum absolute atomic E-state index is 13.5. The molecule has 3 rings (SSSR count). The summed E-state index contributed by atoms with van der Waals surface area (Å²) in [5, 5.41) is 15.2. The van der Waals surface area contributed by atoms with Crippen molar-refractivity contribution in [2.75, 3.05) is 18.5 Å². The maximum atomic E-state index is 13.5. The third-order valence-electron chi connectivity index (χ3n) is 7.36. The number of non-ortho nitro benzene ring substituents is 1. The van der Waals surface area contributed by atoms with Gasteiger partial charge in [-0.3, -0.25) is 25.1 Å². The highest BCUT2D eigenvalue weighted by molar-refractivity contribution is 6.50. The van der Waals surface area contributed by atoms with E-state index < -0.39 is 21.2 Å². The normalized spacial score (nSPS) is 28.6. The van der Waals surface area contributed by atoms with E-state index in [4.69, 9.17) is 0 Å². The van der Waals surface area contributed by atoms with Crippen molar-refractivity contribution in [1.82, 2.24) is 4.90 Å². The van der Waals surface area contributed by atoms with E-state index >= 15 is 0 Å². The Morgan fingerprint density at radius 2 is 1.76 bits per heavy atom. The number of benzene rings is 1. The van der Waals surface area contributed by atoms with Gasteiger partial charge in [0.15, 0.2) is 5.78 Å². The number of hydrazone groups is 1. The molecule has 0 saturated heterocycles. The van der Waals surface area contributed by atoms with Gasteiger partial charge in [0.25, 0.3) is 5.69 Å². The maximum Gasteiger partial charge on any atom is 0.269 e. The van der Waals surface area contributed by atoms with Crippen LogP contribution in [-0.4, -0.2) is 40.3 Å². The molecular formula is C21H28N4O4. The van der Waals surface area contributed by atoms with Gasteiger partial charge in [-0.2, -0.15) is 5.10 Å². The molecule has 0 heterocycles. The Morgan fingerprint density at radius 3 is 2.28 bits per heavy atom. The van der Waals surface area contributed by atoms with Crippen LogP contribution in [0.3, 0.4) is 0 Å². The van der Waals surface area contributed by atoms with Gasteiger partial charge < -0.3 is 4.90 Å². The van der Waals surface area contributed by atoms with Crippen LogP contribution in [0.5, 0.6) is 0 Å². The first-order chi connectivity index (χ1) is 13.6. The highest BCUT2D eigenvalue weighted by atomic mass is 16.6. The molecule has 8 nitrogen and oxygen atoms in total. The number of fused-ring (bicyclic) bond motifs is 2. The lowest BCUT2D eigenvalue weighted by Gasteiger charge is -2.40. The molecule has 0 aromatic heterocycles. The lowest BCUT2D eigenvalue weighted by atomic mass is 9.64. The fourth-order valence-electron chi connectivity index (χ4n) is 5.00. The number of anilines is 1. The van der Waals surface area contributed by atoms with Crippen molar-refractivity contribution in [3.63, 3.8) is 0 Å². The number of ketones is 1. The van der Waals surface area contributed by atoms with Gasteiger partial charge >= 0.3 is 0 Å². The minimum Gasteiger partial charge on any atom is -0.342 e. The van der Waals surface area contributed by atoms with Crippen molar-refractivity contribution in [2.45, 2.75) is 47.5 Å². The van der Waals surface area contributed by atoms with Crippen molar-refractivity contribution < 1.29 is 14.5 Å². The summed E-state index contributed by atoms with van der Waals surface area (Å²) in [5.41, 5.74) is 1.59. The molecule has 2 atom stereocenters. The summed E-state index contributed by atoms with van der Waals surface area (Å²) in [6.45, 7) is 11.0. The Bertz CT molecular complexity index is 888. The summed E-state index contributed by atoms with van der Waals surface area (Å²) in [7, 11) is 0. The van der Waals surface area contributed by atoms with E-state index in [0.717, 1.165) is 0 Å². The molecule has 1 amide bonds.